The van der Waals surface area contributed by atoms with Gasteiger partial charge in [-0.1, -0.05) is 69.3 Å². The number of aromatic nitrogens is 2. The molecule has 0 spiro atoms. The molecule has 0 atom stereocenters. The van der Waals surface area contributed by atoms with Gasteiger partial charge in [0.1, 0.15) is 5.82 Å². The molecule has 0 radical (unpaired) electrons. The Labute approximate surface area is 142 Å². The molecule has 2 nitrogen and oxygen atoms in total. The van der Waals surface area contributed by atoms with Gasteiger partial charge in [-0.15, -0.1) is 0 Å². The van der Waals surface area contributed by atoms with Crippen LogP contribution in [0, 0.1) is 0 Å². The van der Waals surface area contributed by atoms with Crippen LogP contribution in [-0.2, 0) is 12.0 Å². The highest BCUT2D eigenvalue weighted by molar-refractivity contribution is 5.83. The molecule has 0 bridgehead atoms. The smallest absolute Gasteiger partial charge is 0.115 e. The number of benzene rings is 3. The summed E-state index contributed by atoms with van der Waals surface area (Å²) >= 11 is 0. The topological polar surface area (TPSA) is 17.8 Å². The molecule has 0 aliphatic carbocycles. The van der Waals surface area contributed by atoms with Gasteiger partial charge in [0.25, 0.3) is 0 Å². The summed E-state index contributed by atoms with van der Waals surface area (Å²) in [6, 6.07) is 23.7. The van der Waals surface area contributed by atoms with Crippen LogP contribution in [-0.4, -0.2) is 9.55 Å². The van der Waals surface area contributed by atoms with E-state index in [1.54, 1.807) is 0 Å². The molecule has 1 heterocycles. The number of rotatable bonds is 2. The van der Waals surface area contributed by atoms with Crippen molar-refractivity contribution in [1.29, 1.82) is 0 Å². The van der Waals surface area contributed by atoms with Gasteiger partial charge in [-0.2, -0.15) is 0 Å². The zero-order valence-electron chi connectivity index (χ0n) is 14.5. The average Bonchev–Trinajstić information content (AvgIpc) is 2.94. The van der Waals surface area contributed by atoms with Gasteiger partial charge in [-0.3, -0.25) is 0 Å². The zero-order chi connectivity index (χ0) is 16.7. The highest BCUT2D eigenvalue weighted by atomic mass is 15.1. The van der Waals surface area contributed by atoms with E-state index in [0.717, 1.165) is 17.9 Å². The molecule has 24 heavy (non-hydrogen) atoms. The molecule has 0 amide bonds. The van der Waals surface area contributed by atoms with E-state index < -0.39 is 0 Å². The van der Waals surface area contributed by atoms with Crippen LogP contribution in [0.5, 0.6) is 0 Å². The Balaban J connectivity index is 1.85. The predicted molar refractivity (Wildman–Crippen MR) is 101 cm³/mol. The molecule has 0 saturated heterocycles. The lowest BCUT2D eigenvalue weighted by Gasteiger charge is -2.20. The fraction of sp³-hybridized carbons (Fsp3) is 0.227. The van der Waals surface area contributed by atoms with Crippen LogP contribution in [0.15, 0.2) is 66.7 Å². The van der Waals surface area contributed by atoms with E-state index in [0.29, 0.717) is 0 Å². The van der Waals surface area contributed by atoms with Crippen molar-refractivity contribution in [3.05, 3.63) is 78.1 Å². The maximum atomic E-state index is 4.91. The fourth-order valence-electron chi connectivity index (χ4n) is 3.33. The molecular weight excluding hydrogens is 292 g/mol. The molecule has 0 fully saturated rings. The zero-order valence-corrected chi connectivity index (χ0v) is 14.5. The van der Waals surface area contributed by atoms with E-state index in [-0.39, 0.29) is 5.41 Å². The SMILES string of the molecule is CC(C)(C)c1nc2ccccc2n1Cc1ccc2ccccc2c1. The minimum atomic E-state index is 0.00979. The Morgan fingerprint density at radius 2 is 1.54 bits per heavy atom. The van der Waals surface area contributed by atoms with E-state index in [1.165, 1.54) is 21.9 Å². The van der Waals surface area contributed by atoms with Gasteiger partial charge in [-0.25, -0.2) is 4.98 Å². The molecule has 0 saturated carbocycles. The van der Waals surface area contributed by atoms with Crippen LogP contribution in [0.1, 0.15) is 32.2 Å². The third kappa shape index (κ3) is 2.58. The Kier molecular flexibility index (Phi) is 3.42. The average molecular weight is 314 g/mol. The summed E-state index contributed by atoms with van der Waals surface area (Å²) < 4.78 is 2.36. The van der Waals surface area contributed by atoms with Crippen LogP contribution in [0.2, 0.25) is 0 Å². The largest absolute Gasteiger partial charge is 0.323 e. The van der Waals surface area contributed by atoms with E-state index in [1.807, 2.05) is 0 Å². The van der Waals surface area contributed by atoms with Gasteiger partial charge < -0.3 is 4.57 Å². The van der Waals surface area contributed by atoms with Crippen LogP contribution in [0.25, 0.3) is 21.8 Å². The minimum absolute atomic E-state index is 0.00979. The van der Waals surface area contributed by atoms with Gasteiger partial charge in [0.2, 0.25) is 0 Å². The second kappa shape index (κ2) is 5.48. The lowest BCUT2D eigenvalue weighted by molar-refractivity contribution is 0.516. The number of nitrogens with zero attached hydrogens (tertiary/aromatic N) is 2. The van der Waals surface area contributed by atoms with Gasteiger partial charge in [0.05, 0.1) is 11.0 Å². The number of hydrogen-bond donors (Lipinski definition) is 0. The summed E-state index contributed by atoms with van der Waals surface area (Å²) in [6.45, 7) is 7.53. The van der Waals surface area contributed by atoms with Crippen molar-refractivity contribution in [2.75, 3.05) is 0 Å². The Morgan fingerprint density at radius 3 is 2.33 bits per heavy atom. The van der Waals surface area contributed by atoms with Crippen molar-refractivity contribution in [2.45, 2.75) is 32.7 Å². The second-order valence-electron chi connectivity index (χ2n) is 7.44. The third-order valence-corrected chi connectivity index (χ3v) is 4.48. The highest BCUT2D eigenvalue weighted by Gasteiger charge is 2.22. The molecular formula is C22H22N2. The lowest BCUT2D eigenvalue weighted by atomic mass is 9.95. The Hall–Kier alpha value is -2.61. The van der Waals surface area contributed by atoms with Crippen molar-refractivity contribution < 1.29 is 0 Å². The summed E-state index contributed by atoms with van der Waals surface area (Å²) in [7, 11) is 0. The number of fused-ring (bicyclic) bond motifs is 2. The quantitative estimate of drug-likeness (QED) is 0.475. The normalized spacial score (nSPS) is 12.1. The summed E-state index contributed by atoms with van der Waals surface area (Å²) in [6.07, 6.45) is 0. The monoisotopic (exact) mass is 314 g/mol. The molecule has 4 aromatic rings. The van der Waals surface area contributed by atoms with Crippen LogP contribution >= 0.6 is 0 Å². The maximum Gasteiger partial charge on any atom is 0.115 e. The summed E-state index contributed by atoms with van der Waals surface area (Å²) in [5.74, 6) is 1.14. The predicted octanol–water partition coefficient (Wildman–Crippen LogP) is 5.54. The third-order valence-electron chi connectivity index (χ3n) is 4.48. The van der Waals surface area contributed by atoms with Gasteiger partial charge >= 0.3 is 0 Å². The van der Waals surface area contributed by atoms with Crippen molar-refractivity contribution in [2.24, 2.45) is 0 Å². The maximum absolute atomic E-state index is 4.91. The highest BCUT2D eigenvalue weighted by Crippen LogP contribution is 2.27. The summed E-state index contributed by atoms with van der Waals surface area (Å²) in [5.41, 5.74) is 3.59. The van der Waals surface area contributed by atoms with Gasteiger partial charge in [0.15, 0.2) is 0 Å². The fourth-order valence-corrected chi connectivity index (χ4v) is 3.33. The molecule has 3 aromatic carbocycles. The first-order chi connectivity index (χ1) is 11.5. The van der Waals surface area contributed by atoms with Crippen LogP contribution in [0.4, 0.5) is 0 Å². The number of para-hydroxylation sites is 2. The van der Waals surface area contributed by atoms with Crippen molar-refractivity contribution in [3.8, 4) is 0 Å². The molecule has 0 unspecified atom stereocenters. The first kappa shape index (κ1) is 14.9. The second-order valence-corrected chi connectivity index (χ2v) is 7.44. The molecule has 120 valence electrons. The molecule has 0 aliphatic heterocycles. The minimum Gasteiger partial charge on any atom is -0.323 e. The number of imidazole rings is 1. The first-order valence-electron chi connectivity index (χ1n) is 8.46. The van der Waals surface area contributed by atoms with Gasteiger partial charge in [0, 0.05) is 12.0 Å². The number of hydrogen-bond acceptors (Lipinski definition) is 1. The Bertz CT molecular complexity index is 1020. The van der Waals surface area contributed by atoms with E-state index >= 15 is 0 Å². The lowest BCUT2D eigenvalue weighted by Crippen LogP contribution is -2.19. The molecule has 0 aliphatic rings. The van der Waals surface area contributed by atoms with Gasteiger partial charge in [-0.05, 0) is 34.5 Å². The molecule has 1 aromatic heterocycles. The van der Waals surface area contributed by atoms with E-state index in [4.69, 9.17) is 4.98 Å². The summed E-state index contributed by atoms with van der Waals surface area (Å²) in [5, 5.41) is 2.57. The summed E-state index contributed by atoms with van der Waals surface area (Å²) in [4.78, 5) is 4.91. The van der Waals surface area contributed by atoms with Crippen molar-refractivity contribution in [3.63, 3.8) is 0 Å². The Morgan fingerprint density at radius 1 is 0.833 bits per heavy atom. The van der Waals surface area contributed by atoms with Crippen molar-refractivity contribution in [1.82, 2.24) is 9.55 Å². The van der Waals surface area contributed by atoms with E-state index in [9.17, 15) is 0 Å². The molecule has 2 heteroatoms. The van der Waals surface area contributed by atoms with Crippen LogP contribution in [0.3, 0.4) is 0 Å². The first-order valence-corrected chi connectivity index (χ1v) is 8.46. The van der Waals surface area contributed by atoms with E-state index in [2.05, 4.69) is 92.1 Å². The standard InChI is InChI=1S/C22H22N2/c1-22(2,3)21-23-19-10-6-7-11-20(19)24(21)15-16-12-13-17-8-4-5-9-18(17)14-16/h4-14H,15H2,1-3H3. The van der Waals surface area contributed by atoms with Crippen LogP contribution < -0.4 is 0 Å². The van der Waals surface area contributed by atoms with Crippen molar-refractivity contribution >= 4 is 21.8 Å². The molecule has 4 rings (SSSR count). The molecule has 0 N–H and O–H groups in total.